The minimum atomic E-state index is -0.177. The first-order valence-corrected chi connectivity index (χ1v) is 8.41. The van der Waals surface area contributed by atoms with Crippen molar-refractivity contribution in [1.29, 1.82) is 0 Å². The van der Waals surface area contributed by atoms with E-state index in [2.05, 4.69) is 31.1 Å². The van der Waals surface area contributed by atoms with E-state index in [4.69, 9.17) is 0 Å². The number of aromatic nitrogens is 1. The lowest BCUT2D eigenvalue weighted by atomic mass is 10.1. The van der Waals surface area contributed by atoms with Crippen molar-refractivity contribution >= 4 is 23.1 Å². The van der Waals surface area contributed by atoms with E-state index in [-0.39, 0.29) is 5.82 Å². The van der Waals surface area contributed by atoms with Crippen molar-refractivity contribution in [3.8, 4) is 10.6 Å². The number of benzene rings is 1. The van der Waals surface area contributed by atoms with E-state index in [9.17, 15) is 4.39 Å². The molecule has 2 aromatic rings. The molecule has 0 fully saturated rings. The van der Waals surface area contributed by atoms with Crippen molar-refractivity contribution in [2.24, 2.45) is 0 Å². The Balaban J connectivity index is 2.43. The van der Waals surface area contributed by atoms with Crippen LogP contribution in [0.2, 0.25) is 0 Å². The first-order valence-electron chi connectivity index (χ1n) is 6.54. The molecule has 0 amide bonds. The Labute approximate surface area is 122 Å². The fourth-order valence-corrected chi connectivity index (χ4v) is 3.71. The second kappa shape index (κ2) is 6.53. The van der Waals surface area contributed by atoms with Crippen molar-refractivity contribution in [3.05, 3.63) is 35.1 Å². The topological polar surface area (TPSA) is 12.9 Å². The van der Waals surface area contributed by atoms with E-state index >= 15 is 0 Å². The standard InChI is InChI=1S/C15H18FNS2/c1-4-10(3)12-9-19-15(17-12)14-11(16)7-6-8-13(14)18-5-2/h6-10H,4-5H2,1-3H3. The predicted octanol–water partition coefficient (Wildman–Crippen LogP) is 5.57. The van der Waals surface area contributed by atoms with Crippen molar-refractivity contribution < 1.29 is 4.39 Å². The Bertz CT molecular complexity index is 551. The molecule has 0 spiro atoms. The van der Waals surface area contributed by atoms with Crippen molar-refractivity contribution in [3.63, 3.8) is 0 Å². The molecule has 0 aliphatic rings. The van der Waals surface area contributed by atoms with Gasteiger partial charge in [0.25, 0.3) is 0 Å². The molecule has 0 aliphatic carbocycles. The van der Waals surface area contributed by atoms with E-state index < -0.39 is 0 Å². The van der Waals surface area contributed by atoms with E-state index in [1.165, 1.54) is 17.4 Å². The minimum absolute atomic E-state index is 0.177. The molecule has 19 heavy (non-hydrogen) atoms. The van der Waals surface area contributed by atoms with Crippen LogP contribution in [0.3, 0.4) is 0 Å². The first kappa shape index (κ1) is 14.5. The van der Waals surface area contributed by atoms with E-state index in [1.807, 2.05) is 6.07 Å². The Hall–Kier alpha value is -0.870. The largest absolute Gasteiger partial charge is 0.241 e. The molecule has 0 radical (unpaired) electrons. The third kappa shape index (κ3) is 3.18. The molecule has 0 saturated heterocycles. The molecule has 0 bridgehead atoms. The van der Waals surface area contributed by atoms with Gasteiger partial charge in [0.05, 0.1) is 11.3 Å². The third-order valence-corrected chi connectivity index (χ3v) is 4.95. The lowest BCUT2D eigenvalue weighted by Crippen LogP contribution is -1.93. The smallest absolute Gasteiger partial charge is 0.134 e. The molecule has 0 N–H and O–H groups in total. The molecule has 1 aromatic heterocycles. The number of halogens is 1. The van der Waals surface area contributed by atoms with Gasteiger partial charge in [-0.2, -0.15) is 0 Å². The summed E-state index contributed by atoms with van der Waals surface area (Å²) in [6, 6.07) is 5.25. The van der Waals surface area contributed by atoms with Gasteiger partial charge in [-0.15, -0.1) is 23.1 Å². The molecule has 1 heterocycles. The van der Waals surface area contributed by atoms with Crippen LogP contribution < -0.4 is 0 Å². The monoisotopic (exact) mass is 295 g/mol. The van der Waals surface area contributed by atoms with Crippen molar-refractivity contribution in [2.75, 3.05) is 5.75 Å². The maximum absolute atomic E-state index is 14.1. The van der Waals surface area contributed by atoms with E-state index in [1.54, 1.807) is 17.8 Å². The summed E-state index contributed by atoms with van der Waals surface area (Å²) < 4.78 is 14.1. The van der Waals surface area contributed by atoms with Gasteiger partial charge in [-0.25, -0.2) is 9.37 Å². The molecule has 0 aliphatic heterocycles. The van der Waals surface area contributed by atoms with Crippen LogP contribution in [0.5, 0.6) is 0 Å². The Morgan fingerprint density at radius 3 is 2.84 bits per heavy atom. The van der Waals surface area contributed by atoms with Crippen LogP contribution in [0, 0.1) is 5.82 Å². The molecule has 4 heteroatoms. The Morgan fingerprint density at radius 2 is 2.16 bits per heavy atom. The maximum Gasteiger partial charge on any atom is 0.134 e. The lowest BCUT2D eigenvalue weighted by molar-refractivity contribution is 0.627. The molecule has 102 valence electrons. The van der Waals surface area contributed by atoms with E-state index in [0.717, 1.165) is 27.8 Å². The number of hydrogen-bond acceptors (Lipinski definition) is 3. The van der Waals surface area contributed by atoms with E-state index in [0.29, 0.717) is 11.5 Å². The van der Waals surface area contributed by atoms with Crippen LogP contribution in [-0.2, 0) is 0 Å². The highest BCUT2D eigenvalue weighted by atomic mass is 32.2. The van der Waals surface area contributed by atoms with Crippen LogP contribution in [-0.4, -0.2) is 10.7 Å². The second-order valence-corrected chi connectivity index (χ2v) is 6.60. The Morgan fingerprint density at radius 1 is 1.37 bits per heavy atom. The minimum Gasteiger partial charge on any atom is -0.241 e. The van der Waals surface area contributed by atoms with Gasteiger partial charge in [0.2, 0.25) is 0 Å². The SMILES string of the molecule is CCSc1cccc(F)c1-c1nc(C(C)CC)cs1. The summed E-state index contributed by atoms with van der Waals surface area (Å²) in [4.78, 5) is 5.60. The van der Waals surface area contributed by atoms with Gasteiger partial charge in [0.15, 0.2) is 0 Å². The molecule has 1 nitrogen and oxygen atoms in total. The van der Waals surface area contributed by atoms with Crippen LogP contribution in [0.4, 0.5) is 4.39 Å². The number of thioether (sulfide) groups is 1. The molecule has 0 saturated carbocycles. The van der Waals surface area contributed by atoms with Gasteiger partial charge in [0.1, 0.15) is 10.8 Å². The zero-order chi connectivity index (χ0) is 13.8. The fourth-order valence-electron chi connectivity index (χ4n) is 1.82. The summed E-state index contributed by atoms with van der Waals surface area (Å²) in [6.07, 6.45) is 1.05. The summed E-state index contributed by atoms with van der Waals surface area (Å²) in [6.45, 7) is 6.37. The van der Waals surface area contributed by atoms with Gasteiger partial charge >= 0.3 is 0 Å². The molecular weight excluding hydrogens is 277 g/mol. The van der Waals surface area contributed by atoms with Crippen molar-refractivity contribution in [2.45, 2.75) is 38.0 Å². The fraction of sp³-hybridized carbons (Fsp3) is 0.400. The highest BCUT2D eigenvalue weighted by molar-refractivity contribution is 7.99. The van der Waals surface area contributed by atoms with Gasteiger partial charge < -0.3 is 0 Å². The number of hydrogen-bond donors (Lipinski definition) is 0. The average Bonchev–Trinajstić information content (AvgIpc) is 2.87. The highest BCUT2D eigenvalue weighted by Gasteiger charge is 2.16. The second-order valence-electron chi connectivity index (χ2n) is 4.43. The van der Waals surface area contributed by atoms with Gasteiger partial charge in [-0.3, -0.25) is 0 Å². The molecule has 2 rings (SSSR count). The van der Waals surface area contributed by atoms with Crippen molar-refractivity contribution in [1.82, 2.24) is 4.98 Å². The summed E-state index contributed by atoms with van der Waals surface area (Å²) in [7, 11) is 0. The lowest BCUT2D eigenvalue weighted by Gasteiger charge is -2.07. The summed E-state index contributed by atoms with van der Waals surface area (Å²) in [5.41, 5.74) is 1.73. The third-order valence-electron chi connectivity index (χ3n) is 3.13. The summed E-state index contributed by atoms with van der Waals surface area (Å²) in [5.74, 6) is 1.18. The number of thiazole rings is 1. The summed E-state index contributed by atoms with van der Waals surface area (Å²) >= 11 is 3.20. The van der Waals surface area contributed by atoms with Crippen LogP contribution in [0.1, 0.15) is 38.8 Å². The van der Waals surface area contributed by atoms with Crippen LogP contribution >= 0.6 is 23.1 Å². The molecule has 1 aromatic carbocycles. The average molecular weight is 295 g/mol. The molecular formula is C15H18FNS2. The van der Waals surface area contributed by atoms with Crippen LogP contribution in [0.25, 0.3) is 10.6 Å². The quantitative estimate of drug-likeness (QED) is 0.668. The predicted molar refractivity (Wildman–Crippen MR) is 82.6 cm³/mol. The number of rotatable bonds is 5. The van der Waals surface area contributed by atoms with Gasteiger partial charge in [-0.1, -0.05) is 26.8 Å². The Kier molecular flexibility index (Phi) is 4.99. The van der Waals surface area contributed by atoms with Gasteiger partial charge in [0, 0.05) is 10.3 Å². The van der Waals surface area contributed by atoms with Gasteiger partial charge in [-0.05, 0) is 30.2 Å². The maximum atomic E-state index is 14.1. The first-order chi connectivity index (χ1) is 9.17. The number of nitrogens with zero attached hydrogens (tertiary/aromatic N) is 1. The molecule has 1 atom stereocenters. The van der Waals surface area contributed by atoms with Crippen LogP contribution in [0.15, 0.2) is 28.5 Å². The summed E-state index contributed by atoms with van der Waals surface area (Å²) in [5, 5.41) is 2.85. The molecule has 1 unspecified atom stereocenters. The zero-order valence-electron chi connectivity index (χ0n) is 11.4. The normalized spacial score (nSPS) is 12.6. The zero-order valence-corrected chi connectivity index (χ0v) is 13.1. The highest BCUT2D eigenvalue weighted by Crippen LogP contribution is 2.36.